The van der Waals surface area contributed by atoms with E-state index in [0.717, 1.165) is 49.7 Å². The molecule has 1 fully saturated rings. The second-order valence-corrected chi connectivity index (χ2v) is 5.77. The van der Waals surface area contributed by atoms with Gasteiger partial charge in [-0.15, -0.1) is 0 Å². The molecule has 1 aliphatic rings. The molecule has 1 aliphatic heterocycles. The molecule has 0 aromatic carbocycles. The van der Waals surface area contributed by atoms with Crippen molar-refractivity contribution in [3.63, 3.8) is 0 Å². The summed E-state index contributed by atoms with van der Waals surface area (Å²) in [7, 11) is 0. The average molecular weight is 263 g/mol. The Morgan fingerprint density at radius 1 is 1.32 bits per heavy atom. The van der Waals surface area contributed by atoms with Crippen LogP contribution in [0.3, 0.4) is 0 Å². The van der Waals surface area contributed by atoms with Crippen molar-refractivity contribution in [1.82, 2.24) is 9.97 Å². The van der Waals surface area contributed by atoms with Crippen LogP contribution in [0, 0.1) is 25.7 Å². The lowest BCUT2D eigenvalue weighted by Gasteiger charge is -2.15. The Morgan fingerprint density at radius 2 is 2.00 bits per heavy atom. The summed E-state index contributed by atoms with van der Waals surface area (Å²) >= 11 is 0. The van der Waals surface area contributed by atoms with Crippen molar-refractivity contribution < 1.29 is 4.74 Å². The minimum absolute atomic E-state index is 0.482. The largest absolute Gasteiger partial charge is 0.381 e. The van der Waals surface area contributed by atoms with Crippen molar-refractivity contribution in [2.24, 2.45) is 17.6 Å². The van der Waals surface area contributed by atoms with Gasteiger partial charge in [0.2, 0.25) is 0 Å². The minimum Gasteiger partial charge on any atom is -0.381 e. The molecule has 0 bridgehead atoms. The number of rotatable bonds is 5. The molecule has 0 radical (unpaired) electrons. The zero-order valence-electron chi connectivity index (χ0n) is 12.3. The van der Waals surface area contributed by atoms with Crippen LogP contribution in [-0.4, -0.2) is 29.7 Å². The zero-order valence-corrected chi connectivity index (χ0v) is 12.3. The Labute approximate surface area is 115 Å². The number of aromatic nitrogens is 2. The fourth-order valence-corrected chi connectivity index (χ4v) is 2.63. The highest BCUT2D eigenvalue weighted by Gasteiger charge is 2.19. The summed E-state index contributed by atoms with van der Waals surface area (Å²) in [4.78, 5) is 9.35. The van der Waals surface area contributed by atoms with Crippen molar-refractivity contribution in [1.29, 1.82) is 0 Å². The predicted octanol–water partition coefficient (Wildman–Crippen LogP) is 1.81. The molecule has 4 nitrogen and oxygen atoms in total. The maximum atomic E-state index is 5.70. The van der Waals surface area contributed by atoms with Crippen LogP contribution in [0.4, 0.5) is 0 Å². The first-order chi connectivity index (χ1) is 9.10. The predicted molar refractivity (Wildman–Crippen MR) is 76.1 cm³/mol. The van der Waals surface area contributed by atoms with Gasteiger partial charge in [0.05, 0.1) is 0 Å². The van der Waals surface area contributed by atoms with E-state index in [1.807, 2.05) is 0 Å². The van der Waals surface area contributed by atoms with Gasteiger partial charge in [0.25, 0.3) is 0 Å². The van der Waals surface area contributed by atoms with Gasteiger partial charge < -0.3 is 10.5 Å². The second-order valence-electron chi connectivity index (χ2n) is 5.77. The van der Waals surface area contributed by atoms with Gasteiger partial charge >= 0.3 is 0 Å². The highest BCUT2D eigenvalue weighted by atomic mass is 16.5. The number of hydrogen-bond donors (Lipinski definition) is 1. The van der Waals surface area contributed by atoms with Crippen LogP contribution < -0.4 is 5.73 Å². The number of ether oxygens (including phenoxy) is 1. The number of aryl methyl sites for hydroxylation is 2. The van der Waals surface area contributed by atoms with Gasteiger partial charge in [-0.3, -0.25) is 0 Å². The third kappa shape index (κ3) is 3.74. The van der Waals surface area contributed by atoms with E-state index in [9.17, 15) is 0 Å². The molecular weight excluding hydrogens is 238 g/mol. The lowest BCUT2D eigenvalue weighted by molar-refractivity contribution is 0.185. The molecule has 2 rings (SSSR count). The third-order valence-electron chi connectivity index (χ3n) is 3.92. The van der Waals surface area contributed by atoms with Crippen LogP contribution in [0.5, 0.6) is 0 Å². The molecule has 1 aromatic rings. The van der Waals surface area contributed by atoms with Crippen molar-refractivity contribution in [3.8, 4) is 0 Å². The lowest BCUT2D eigenvalue weighted by Crippen LogP contribution is -2.17. The highest BCUT2D eigenvalue weighted by Crippen LogP contribution is 2.19. The van der Waals surface area contributed by atoms with E-state index in [1.54, 1.807) is 0 Å². The van der Waals surface area contributed by atoms with Crippen molar-refractivity contribution in [2.75, 3.05) is 19.8 Å². The number of hydrogen-bond acceptors (Lipinski definition) is 4. The minimum atomic E-state index is 0.482. The molecule has 4 heteroatoms. The van der Waals surface area contributed by atoms with Gasteiger partial charge in [-0.05, 0) is 50.6 Å². The topological polar surface area (TPSA) is 61.0 Å². The molecular formula is C15H25N3O. The molecule has 2 unspecified atom stereocenters. The Hall–Kier alpha value is -1.00. The Bertz CT molecular complexity index is 404. The number of nitrogens with two attached hydrogens (primary N) is 1. The molecule has 19 heavy (non-hydrogen) atoms. The lowest BCUT2D eigenvalue weighted by atomic mass is 9.98. The molecule has 106 valence electrons. The first-order valence-electron chi connectivity index (χ1n) is 7.21. The fraction of sp³-hybridized carbons (Fsp3) is 0.733. The SMILES string of the molecule is Cc1nc(CC2CCOC2)nc(C)c1CC(C)CN. The first-order valence-corrected chi connectivity index (χ1v) is 7.21. The van der Waals surface area contributed by atoms with E-state index in [2.05, 4.69) is 30.7 Å². The molecule has 1 saturated heterocycles. The van der Waals surface area contributed by atoms with E-state index >= 15 is 0 Å². The summed E-state index contributed by atoms with van der Waals surface area (Å²) in [6.45, 7) is 8.79. The number of nitrogens with zero attached hydrogens (tertiary/aromatic N) is 2. The quantitative estimate of drug-likeness (QED) is 0.880. The molecule has 2 atom stereocenters. The van der Waals surface area contributed by atoms with Crippen LogP contribution >= 0.6 is 0 Å². The summed E-state index contributed by atoms with van der Waals surface area (Å²) in [5.74, 6) is 2.04. The van der Waals surface area contributed by atoms with E-state index in [-0.39, 0.29) is 0 Å². The van der Waals surface area contributed by atoms with Gasteiger partial charge in [-0.2, -0.15) is 0 Å². The van der Waals surface area contributed by atoms with Crippen molar-refractivity contribution in [2.45, 2.75) is 40.0 Å². The monoisotopic (exact) mass is 263 g/mol. The van der Waals surface area contributed by atoms with Crippen LogP contribution in [0.1, 0.15) is 36.1 Å². The van der Waals surface area contributed by atoms with Gasteiger partial charge in [-0.1, -0.05) is 6.92 Å². The van der Waals surface area contributed by atoms with Gasteiger partial charge in [0.1, 0.15) is 5.82 Å². The van der Waals surface area contributed by atoms with Crippen LogP contribution in [0.25, 0.3) is 0 Å². The van der Waals surface area contributed by atoms with Crippen LogP contribution in [0.2, 0.25) is 0 Å². The standard InChI is InChI=1S/C15H25N3O/c1-10(8-16)6-14-11(2)17-15(18-12(14)3)7-13-4-5-19-9-13/h10,13H,4-9,16H2,1-3H3. The molecule has 0 aliphatic carbocycles. The van der Waals surface area contributed by atoms with E-state index in [1.165, 1.54) is 5.56 Å². The van der Waals surface area contributed by atoms with E-state index in [4.69, 9.17) is 10.5 Å². The summed E-state index contributed by atoms with van der Waals surface area (Å²) < 4.78 is 5.41. The van der Waals surface area contributed by atoms with Crippen LogP contribution in [0.15, 0.2) is 0 Å². The highest BCUT2D eigenvalue weighted by molar-refractivity contribution is 5.25. The van der Waals surface area contributed by atoms with Crippen LogP contribution in [-0.2, 0) is 17.6 Å². The summed E-state index contributed by atoms with van der Waals surface area (Å²) in [6, 6.07) is 0. The molecule has 2 heterocycles. The second kappa shape index (κ2) is 6.44. The Balaban J connectivity index is 2.11. The van der Waals surface area contributed by atoms with Gasteiger partial charge in [0, 0.05) is 31.0 Å². The maximum absolute atomic E-state index is 5.70. The summed E-state index contributed by atoms with van der Waals surface area (Å²) in [6.07, 6.45) is 3.04. The van der Waals surface area contributed by atoms with E-state index < -0.39 is 0 Å². The Kier molecular flexibility index (Phi) is 4.88. The summed E-state index contributed by atoms with van der Waals surface area (Å²) in [5, 5.41) is 0. The molecule has 0 saturated carbocycles. The van der Waals surface area contributed by atoms with E-state index in [0.29, 0.717) is 18.4 Å². The van der Waals surface area contributed by atoms with Gasteiger partial charge in [-0.25, -0.2) is 9.97 Å². The average Bonchev–Trinajstić information content (AvgIpc) is 2.86. The van der Waals surface area contributed by atoms with Crippen molar-refractivity contribution in [3.05, 3.63) is 22.8 Å². The fourth-order valence-electron chi connectivity index (χ4n) is 2.63. The normalized spacial score (nSPS) is 20.7. The maximum Gasteiger partial charge on any atom is 0.129 e. The van der Waals surface area contributed by atoms with Gasteiger partial charge in [0.15, 0.2) is 0 Å². The first kappa shape index (κ1) is 14.4. The zero-order chi connectivity index (χ0) is 13.8. The molecule has 1 aromatic heterocycles. The van der Waals surface area contributed by atoms with Crippen molar-refractivity contribution >= 4 is 0 Å². The third-order valence-corrected chi connectivity index (χ3v) is 3.92. The smallest absolute Gasteiger partial charge is 0.129 e. The molecule has 0 amide bonds. The molecule has 2 N–H and O–H groups in total. The molecule has 0 spiro atoms. The summed E-state index contributed by atoms with van der Waals surface area (Å²) in [5.41, 5.74) is 9.20. The Morgan fingerprint density at radius 3 is 2.53 bits per heavy atom.